The van der Waals surface area contributed by atoms with Crippen molar-refractivity contribution in [2.75, 3.05) is 13.2 Å². The summed E-state index contributed by atoms with van der Waals surface area (Å²) < 4.78 is 5.13. The van der Waals surface area contributed by atoms with Gasteiger partial charge in [0.2, 0.25) is 0 Å². The van der Waals surface area contributed by atoms with Crippen LogP contribution >= 0.6 is 0 Å². The molecule has 2 aromatic rings. The van der Waals surface area contributed by atoms with E-state index in [4.69, 9.17) is 9.84 Å². The average Bonchev–Trinajstić information content (AvgIpc) is 2.61. The van der Waals surface area contributed by atoms with Gasteiger partial charge in [0.25, 0.3) is 0 Å². The fourth-order valence-corrected chi connectivity index (χ4v) is 1.89. The quantitative estimate of drug-likeness (QED) is 0.639. The van der Waals surface area contributed by atoms with Crippen LogP contribution in [-0.2, 0) is 4.74 Å². The van der Waals surface area contributed by atoms with E-state index in [1.165, 1.54) is 0 Å². The molecule has 0 fully saturated rings. The van der Waals surface area contributed by atoms with Crippen LogP contribution in [0.25, 0.3) is 11.1 Å². The summed E-state index contributed by atoms with van der Waals surface area (Å²) in [5.74, 6) is -0.317. The molecule has 0 amide bonds. The summed E-state index contributed by atoms with van der Waals surface area (Å²) >= 11 is 0. The highest BCUT2D eigenvalue weighted by Gasteiger charge is 2.07. The number of unbranched alkanes of at least 4 members (excludes halogenated alkanes) is 1. The molecular formula is C19H24O3. The number of esters is 1. The lowest BCUT2D eigenvalue weighted by atomic mass is 10.0. The highest BCUT2D eigenvalue weighted by molar-refractivity contribution is 5.90. The van der Waals surface area contributed by atoms with Crippen molar-refractivity contribution < 1.29 is 14.6 Å². The maximum atomic E-state index is 11.8. The van der Waals surface area contributed by atoms with E-state index in [-0.39, 0.29) is 12.6 Å². The molecule has 0 heterocycles. The van der Waals surface area contributed by atoms with Crippen molar-refractivity contribution in [2.45, 2.75) is 26.7 Å². The minimum Gasteiger partial charge on any atom is -0.462 e. The third kappa shape index (κ3) is 5.70. The van der Waals surface area contributed by atoms with Crippen LogP contribution < -0.4 is 0 Å². The molecule has 0 spiro atoms. The molecule has 0 saturated carbocycles. The Morgan fingerprint density at radius 3 is 2.09 bits per heavy atom. The normalized spacial score (nSPS) is 9.59. The summed E-state index contributed by atoms with van der Waals surface area (Å²) in [6.07, 6.45) is 1.34. The Morgan fingerprint density at radius 1 is 0.909 bits per heavy atom. The lowest BCUT2D eigenvalue weighted by Crippen LogP contribution is -2.06. The average molecular weight is 300 g/mol. The molecule has 0 atom stereocenters. The second-order valence-corrected chi connectivity index (χ2v) is 4.51. The molecule has 0 aliphatic carbocycles. The van der Waals surface area contributed by atoms with E-state index in [2.05, 4.69) is 0 Å². The van der Waals surface area contributed by atoms with E-state index < -0.39 is 0 Å². The zero-order chi connectivity index (χ0) is 16.2. The lowest BCUT2D eigenvalue weighted by Gasteiger charge is -2.05. The minimum atomic E-state index is -0.317. The van der Waals surface area contributed by atoms with E-state index >= 15 is 0 Å². The fourth-order valence-electron chi connectivity index (χ4n) is 1.89. The minimum absolute atomic E-state index is 0.128. The van der Waals surface area contributed by atoms with Gasteiger partial charge < -0.3 is 9.84 Å². The first-order valence-electron chi connectivity index (χ1n) is 7.75. The van der Waals surface area contributed by atoms with Gasteiger partial charge in [0.05, 0.1) is 12.2 Å². The molecule has 0 aromatic heterocycles. The van der Waals surface area contributed by atoms with Crippen molar-refractivity contribution in [3.05, 3.63) is 60.2 Å². The number of carbonyl (C=O) groups excluding carboxylic acids is 1. The largest absolute Gasteiger partial charge is 0.462 e. The van der Waals surface area contributed by atoms with Crippen molar-refractivity contribution in [1.29, 1.82) is 0 Å². The first kappa shape index (κ1) is 17.9. The molecule has 3 nitrogen and oxygen atoms in total. The number of ether oxygens (including phenoxy) is 1. The highest BCUT2D eigenvalue weighted by Crippen LogP contribution is 2.19. The summed E-state index contributed by atoms with van der Waals surface area (Å²) in [6, 6.07) is 17.4. The second kappa shape index (κ2) is 10.6. The second-order valence-electron chi connectivity index (χ2n) is 4.51. The molecule has 0 unspecified atom stereocenters. The standard InChI is InChI=1S/C17H18O3.C2H6/c18-12-4-5-13-20-17(19)16-10-8-15(9-11-16)14-6-2-1-3-7-14;1-2/h1-3,6-11,18H,4-5,12-13H2;1-2H3. The number of benzene rings is 2. The number of aliphatic hydroxyl groups excluding tert-OH is 1. The van der Waals surface area contributed by atoms with E-state index in [1.54, 1.807) is 12.1 Å². The van der Waals surface area contributed by atoms with Gasteiger partial charge in [0.15, 0.2) is 0 Å². The molecule has 0 bridgehead atoms. The zero-order valence-electron chi connectivity index (χ0n) is 13.3. The molecule has 1 N–H and O–H groups in total. The Kier molecular flexibility index (Phi) is 8.61. The fraction of sp³-hybridized carbons (Fsp3) is 0.316. The van der Waals surface area contributed by atoms with Gasteiger partial charge in [-0.3, -0.25) is 0 Å². The van der Waals surface area contributed by atoms with Crippen LogP contribution in [0.3, 0.4) is 0 Å². The van der Waals surface area contributed by atoms with E-state index in [0.29, 0.717) is 25.0 Å². The van der Waals surface area contributed by atoms with Crippen molar-refractivity contribution >= 4 is 5.97 Å². The van der Waals surface area contributed by atoms with Gasteiger partial charge in [0.1, 0.15) is 0 Å². The summed E-state index contributed by atoms with van der Waals surface area (Å²) in [5.41, 5.74) is 2.74. The van der Waals surface area contributed by atoms with Gasteiger partial charge in [-0.15, -0.1) is 0 Å². The molecule has 22 heavy (non-hydrogen) atoms. The molecular weight excluding hydrogens is 276 g/mol. The first-order valence-corrected chi connectivity index (χ1v) is 7.75. The lowest BCUT2D eigenvalue weighted by molar-refractivity contribution is 0.0492. The van der Waals surface area contributed by atoms with Crippen molar-refractivity contribution in [2.24, 2.45) is 0 Å². The highest BCUT2D eigenvalue weighted by atomic mass is 16.5. The Hall–Kier alpha value is -2.13. The maximum absolute atomic E-state index is 11.8. The Bertz CT molecular complexity index is 532. The van der Waals surface area contributed by atoms with Crippen molar-refractivity contribution in [3.63, 3.8) is 0 Å². The molecule has 3 heteroatoms. The van der Waals surface area contributed by atoms with E-state index in [1.807, 2.05) is 56.3 Å². The summed E-state index contributed by atoms with van der Waals surface area (Å²) in [5, 5.41) is 8.65. The first-order chi connectivity index (χ1) is 10.8. The Labute approximate surface area is 132 Å². The van der Waals surface area contributed by atoms with Crippen LogP contribution in [-0.4, -0.2) is 24.3 Å². The molecule has 0 saturated heterocycles. The molecule has 0 aliphatic heterocycles. The third-order valence-electron chi connectivity index (χ3n) is 3.01. The maximum Gasteiger partial charge on any atom is 0.338 e. The third-order valence-corrected chi connectivity index (χ3v) is 3.01. The van der Waals surface area contributed by atoms with Gasteiger partial charge in [-0.2, -0.15) is 0 Å². The van der Waals surface area contributed by atoms with Gasteiger partial charge >= 0.3 is 5.97 Å². The topological polar surface area (TPSA) is 46.5 Å². The van der Waals surface area contributed by atoms with Gasteiger partial charge in [-0.1, -0.05) is 56.3 Å². The number of rotatable bonds is 6. The zero-order valence-corrected chi connectivity index (χ0v) is 13.3. The number of carbonyl (C=O) groups is 1. The number of hydrogen-bond acceptors (Lipinski definition) is 3. The van der Waals surface area contributed by atoms with Crippen molar-refractivity contribution in [3.8, 4) is 11.1 Å². The van der Waals surface area contributed by atoms with Crippen LogP contribution in [0.1, 0.15) is 37.0 Å². The van der Waals surface area contributed by atoms with Crippen LogP contribution in [0.15, 0.2) is 54.6 Å². The number of hydrogen-bond donors (Lipinski definition) is 1. The van der Waals surface area contributed by atoms with E-state index in [9.17, 15) is 4.79 Å². The van der Waals surface area contributed by atoms with Crippen LogP contribution in [0.4, 0.5) is 0 Å². The molecule has 0 aliphatic rings. The van der Waals surface area contributed by atoms with Crippen LogP contribution in [0.5, 0.6) is 0 Å². The molecule has 2 aromatic carbocycles. The summed E-state index contributed by atoms with van der Waals surface area (Å²) in [6.45, 7) is 4.48. The molecule has 2 rings (SSSR count). The smallest absolute Gasteiger partial charge is 0.338 e. The van der Waals surface area contributed by atoms with E-state index in [0.717, 1.165) is 11.1 Å². The summed E-state index contributed by atoms with van der Waals surface area (Å²) in [4.78, 5) is 11.8. The monoisotopic (exact) mass is 300 g/mol. The van der Waals surface area contributed by atoms with Crippen molar-refractivity contribution in [1.82, 2.24) is 0 Å². The molecule has 118 valence electrons. The Balaban J connectivity index is 0.00000116. The Morgan fingerprint density at radius 2 is 1.50 bits per heavy atom. The summed E-state index contributed by atoms with van der Waals surface area (Å²) in [7, 11) is 0. The van der Waals surface area contributed by atoms with Gasteiger partial charge in [0, 0.05) is 6.61 Å². The van der Waals surface area contributed by atoms with Gasteiger partial charge in [-0.25, -0.2) is 4.79 Å². The van der Waals surface area contributed by atoms with Crippen LogP contribution in [0.2, 0.25) is 0 Å². The number of aliphatic hydroxyl groups is 1. The molecule has 0 radical (unpaired) electrons. The van der Waals surface area contributed by atoms with Crippen LogP contribution in [0, 0.1) is 0 Å². The predicted octanol–water partition coefficient (Wildman–Crippen LogP) is 4.31. The van der Waals surface area contributed by atoms with Gasteiger partial charge in [-0.05, 0) is 36.1 Å². The SMILES string of the molecule is CC.O=C(OCCCCO)c1ccc(-c2ccccc2)cc1. The predicted molar refractivity (Wildman–Crippen MR) is 89.8 cm³/mol.